The van der Waals surface area contributed by atoms with Gasteiger partial charge in [-0.2, -0.15) is 4.99 Å². The number of aliphatic carboxylic acids is 1. The Bertz CT molecular complexity index is 218. The van der Waals surface area contributed by atoms with Crippen molar-refractivity contribution in [2.75, 3.05) is 6.61 Å². The zero-order valence-electron chi connectivity index (χ0n) is 10.1. The lowest BCUT2D eigenvalue weighted by atomic mass is 10.0. The summed E-state index contributed by atoms with van der Waals surface area (Å²) < 4.78 is 0. The van der Waals surface area contributed by atoms with E-state index in [1.54, 1.807) is 0 Å². The molecule has 94 valence electrons. The Hall–Kier alpha value is -1.19. The van der Waals surface area contributed by atoms with E-state index in [1.807, 2.05) is 13.8 Å². The highest BCUT2D eigenvalue weighted by Gasteiger charge is 2.16. The summed E-state index contributed by atoms with van der Waals surface area (Å²) in [6, 6.07) is -0.924. The van der Waals surface area contributed by atoms with Gasteiger partial charge in [-0.1, -0.05) is 27.2 Å². The topological polar surface area (TPSA) is 87.0 Å². The van der Waals surface area contributed by atoms with Gasteiger partial charge in [0.05, 0.1) is 0 Å². The highest BCUT2D eigenvalue weighted by Crippen LogP contribution is 2.07. The largest absolute Gasteiger partial charge is 0.480 e. The molecule has 1 atom stereocenters. The first-order chi connectivity index (χ1) is 7.49. The van der Waals surface area contributed by atoms with Crippen molar-refractivity contribution < 1.29 is 19.8 Å². The smallest absolute Gasteiger partial charge is 0.329 e. The monoisotopic (exact) mass is 231 g/mol. The number of nitrogens with zero attached hydrogens (tertiary/aromatic N) is 1. The molecule has 0 aliphatic rings. The summed E-state index contributed by atoms with van der Waals surface area (Å²) in [6.07, 6.45) is 3.67. The average molecular weight is 231 g/mol. The van der Waals surface area contributed by atoms with Crippen molar-refractivity contribution in [3.63, 3.8) is 0 Å². The van der Waals surface area contributed by atoms with Crippen LogP contribution in [0.2, 0.25) is 0 Å². The normalized spacial score (nSPS) is 11.1. The first kappa shape index (κ1) is 17.2. The summed E-state index contributed by atoms with van der Waals surface area (Å²) in [4.78, 5) is 23.3. The molecule has 0 heterocycles. The van der Waals surface area contributed by atoms with Crippen molar-refractivity contribution >= 4 is 12.0 Å². The van der Waals surface area contributed by atoms with Crippen LogP contribution in [0.1, 0.15) is 40.0 Å². The second-order valence-electron chi connectivity index (χ2n) is 3.78. The lowest BCUT2D eigenvalue weighted by Gasteiger charge is -2.06. The fourth-order valence-electron chi connectivity index (χ4n) is 0.877. The predicted molar refractivity (Wildman–Crippen MR) is 61.0 cm³/mol. The van der Waals surface area contributed by atoms with Gasteiger partial charge in [0.1, 0.15) is 0 Å². The molecule has 0 aliphatic heterocycles. The number of hydrogen-bond acceptors (Lipinski definition) is 4. The number of carbonyl (C=O) groups is 1. The lowest BCUT2D eigenvalue weighted by Crippen LogP contribution is -2.19. The molecule has 0 aliphatic carbocycles. The first-order valence-electron chi connectivity index (χ1n) is 5.40. The molecule has 0 bridgehead atoms. The number of carbonyl (C=O) groups excluding carboxylic acids is 1. The zero-order valence-corrected chi connectivity index (χ0v) is 10.1. The van der Waals surface area contributed by atoms with Gasteiger partial charge in [0.15, 0.2) is 6.04 Å². The molecule has 0 aromatic rings. The van der Waals surface area contributed by atoms with Crippen LogP contribution < -0.4 is 0 Å². The Labute approximate surface area is 96.2 Å². The van der Waals surface area contributed by atoms with Crippen LogP contribution in [0, 0.1) is 5.92 Å². The number of aliphatic hydroxyl groups excluding tert-OH is 1. The van der Waals surface area contributed by atoms with Gasteiger partial charge in [0.2, 0.25) is 6.08 Å². The van der Waals surface area contributed by atoms with Gasteiger partial charge < -0.3 is 10.2 Å². The van der Waals surface area contributed by atoms with Gasteiger partial charge in [-0.05, 0) is 18.8 Å². The van der Waals surface area contributed by atoms with Crippen molar-refractivity contribution in [3.05, 3.63) is 0 Å². The Morgan fingerprint density at radius 1 is 1.44 bits per heavy atom. The number of carboxylic acids is 1. The molecule has 0 rings (SSSR count). The van der Waals surface area contributed by atoms with Crippen molar-refractivity contribution in [2.24, 2.45) is 10.9 Å². The molecule has 0 saturated carbocycles. The Balaban J connectivity index is 0. The molecule has 0 radical (unpaired) electrons. The number of isocyanates is 1. The minimum atomic E-state index is -1.07. The van der Waals surface area contributed by atoms with Gasteiger partial charge in [0.25, 0.3) is 0 Å². The number of aliphatic hydroxyl groups is 1. The van der Waals surface area contributed by atoms with E-state index in [0.717, 1.165) is 12.8 Å². The summed E-state index contributed by atoms with van der Waals surface area (Å²) in [6.45, 7) is 6.14. The Morgan fingerprint density at radius 2 is 2.00 bits per heavy atom. The quantitative estimate of drug-likeness (QED) is 0.537. The molecule has 2 N–H and O–H groups in total. The lowest BCUT2D eigenvalue weighted by molar-refractivity contribution is -0.138. The highest BCUT2D eigenvalue weighted by molar-refractivity contribution is 5.74. The minimum absolute atomic E-state index is 0.216. The molecule has 0 saturated heterocycles. The van der Waals surface area contributed by atoms with Crippen LogP contribution in [-0.2, 0) is 9.59 Å². The summed E-state index contributed by atoms with van der Waals surface area (Å²) in [7, 11) is 0. The number of rotatable bonds is 6. The van der Waals surface area contributed by atoms with Gasteiger partial charge >= 0.3 is 5.97 Å². The second-order valence-corrected chi connectivity index (χ2v) is 3.78. The maximum atomic E-state index is 10.4. The van der Waals surface area contributed by atoms with Gasteiger partial charge in [-0.25, -0.2) is 9.59 Å². The van der Waals surface area contributed by atoms with Crippen molar-refractivity contribution in [1.29, 1.82) is 0 Å². The van der Waals surface area contributed by atoms with Crippen LogP contribution in [-0.4, -0.2) is 34.9 Å². The molecule has 1 unspecified atom stereocenters. The zero-order chi connectivity index (χ0) is 13.0. The number of unbranched alkanes of at least 4 members (excludes halogenated alkanes) is 1. The fraction of sp³-hybridized carbons (Fsp3) is 0.818. The van der Waals surface area contributed by atoms with E-state index in [4.69, 9.17) is 10.2 Å². The van der Waals surface area contributed by atoms with E-state index >= 15 is 0 Å². The van der Waals surface area contributed by atoms with Crippen LogP contribution in [0.5, 0.6) is 0 Å². The molecule has 0 amide bonds. The molecule has 5 heteroatoms. The SMILES string of the molecule is CC(C)CC(N=C=O)C(=O)O.CCCCO. The van der Waals surface area contributed by atoms with Crippen molar-refractivity contribution in [3.8, 4) is 0 Å². The molecule has 0 spiro atoms. The van der Waals surface area contributed by atoms with Gasteiger partial charge in [-0.15, -0.1) is 0 Å². The van der Waals surface area contributed by atoms with E-state index in [0.29, 0.717) is 13.0 Å². The Kier molecular flexibility index (Phi) is 12.8. The van der Waals surface area contributed by atoms with Crippen LogP contribution in [0.3, 0.4) is 0 Å². The molecular weight excluding hydrogens is 210 g/mol. The molecule has 0 fully saturated rings. The fourth-order valence-corrected chi connectivity index (χ4v) is 0.877. The third-order valence-electron chi connectivity index (χ3n) is 1.70. The standard InChI is InChI=1S/C7H11NO3.C4H10O/c1-5(2)3-6(7(10)11)8-4-9;1-2-3-4-5/h5-6H,3H2,1-2H3,(H,10,11);5H,2-4H2,1H3. The van der Waals surface area contributed by atoms with Crippen molar-refractivity contribution in [1.82, 2.24) is 0 Å². The molecule has 0 aromatic carbocycles. The van der Waals surface area contributed by atoms with E-state index in [-0.39, 0.29) is 5.92 Å². The summed E-state index contributed by atoms with van der Waals surface area (Å²) >= 11 is 0. The maximum absolute atomic E-state index is 10.4. The molecule has 16 heavy (non-hydrogen) atoms. The van der Waals surface area contributed by atoms with E-state index in [9.17, 15) is 9.59 Å². The maximum Gasteiger partial charge on any atom is 0.329 e. The number of hydrogen-bond donors (Lipinski definition) is 2. The van der Waals surface area contributed by atoms with Crippen LogP contribution >= 0.6 is 0 Å². The summed E-state index contributed by atoms with van der Waals surface area (Å²) in [5.74, 6) is -0.852. The van der Waals surface area contributed by atoms with E-state index in [2.05, 4.69) is 11.9 Å². The van der Waals surface area contributed by atoms with Gasteiger partial charge in [0, 0.05) is 6.61 Å². The number of carboxylic acid groups (broad SMARTS) is 1. The Morgan fingerprint density at radius 3 is 2.19 bits per heavy atom. The van der Waals surface area contributed by atoms with E-state index < -0.39 is 12.0 Å². The minimum Gasteiger partial charge on any atom is -0.480 e. The molecule has 5 nitrogen and oxygen atoms in total. The highest BCUT2D eigenvalue weighted by atomic mass is 16.4. The van der Waals surface area contributed by atoms with Crippen LogP contribution in [0.15, 0.2) is 4.99 Å². The average Bonchev–Trinajstić information content (AvgIpc) is 2.18. The van der Waals surface area contributed by atoms with E-state index in [1.165, 1.54) is 6.08 Å². The second kappa shape index (κ2) is 11.9. The first-order valence-corrected chi connectivity index (χ1v) is 5.40. The van der Waals surface area contributed by atoms with Crippen LogP contribution in [0.4, 0.5) is 0 Å². The predicted octanol–water partition coefficient (Wildman–Crippen LogP) is 1.60. The number of aliphatic imine (C=N–C) groups is 1. The van der Waals surface area contributed by atoms with Crippen molar-refractivity contribution in [2.45, 2.75) is 46.1 Å². The third-order valence-corrected chi connectivity index (χ3v) is 1.70. The van der Waals surface area contributed by atoms with Gasteiger partial charge in [-0.3, -0.25) is 0 Å². The summed E-state index contributed by atoms with van der Waals surface area (Å²) in [5.41, 5.74) is 0. The molecule has 0 aromatic heterocycles. The summed E-state index contributed by atoms with van der Waals surface area (Å²) in [5, 5.41) is 16.5. The molecular formula is C11H21NO4. The third kappa shape index (κ3) is 12.8. The van der Waals surface area contributed by atoms with Crippen LogP contribution in [0.25, 0.3) is 0 Å².